The molecule has 2 aliphatic rings. The third kappa shape index (κ3) is 2.97. The maximum absolute atomic E-state index is 11.9. The molecule has 0 aromatic rings. The Labute approximate surface area is 101 Å². The Kier molecular flexibility index (Phi) is 3.99. The number of hydrogen-bond donors (Lipinski definition) is 1. The molecule has 0 spiro atoms. The Hall–Kier alpha value is -1.10. The van der Waals surface area contributed by atoms with E-state index >= 15 is 0 Å². The Morgan fingerprint density at radius 2 is 2.12 bits per heavy atom. The summed E-state index contributed by atoms with van der Waals surface area (Å²) in [5, 5.41) is 8.72. The van der Waals surface area contributed by atoms with E-state index in [1.807, 2.05) is 4.90 Å². The van der Waals surface area contributed by atoms with Crippen LogP contribution >= 0.6 is 0 Å². The lowest BCUT2D eigenvalue weighted by Gasteiger charge is -2.39. The monoisotopic (exact) mass is 241 g/mol. The number of carbonyl (C=O) groups excluding carboxylic acids is 1. The predicted octanol–water partition coefficient (Wildman–Crippen LogP) is 1.02. The van der Waals surface area contributed by atoms with Crippen LogP contribution in [0.2, 0.25) is 0 Å². The highest BCUT2D eigenvalue weighted by atomic mass is 16.5. The molecule has 0 aromatic carbocycles. The highest BCUT2D eigenvalue weighted by Gasteiger charge is 2.35. The summed E-state index contributed by atoms with van der Waals surface area (Å²) in [4.78, 5) is 24.4. The molecule has 96 valence electrons. The van der Waals surface area contributed by atoms with Crippen LogP contribution < -0.4 is 0 Å². The quantitative estimate of drug-likeness (QED) is 0.798. The molecule has 5 nitrogen and oxygen atoms in total. The van der Waals surface area contributed by atoms with Gasteiger partial charge in [0.1, 0.15) is 6.61 Å². The summed E-state index contributed by atoms with van der Waals surface area (Å²) >= 11 is 0. The summed E-state index contributed by atoms with van der Waals surface area (Å²) in [5.41, 5.74) is 0. The van der Waals surface area contributed by atoms with Crippen molar-refractivity contribution >= 4 is 11.9 Å². The summed E-state index contributed by atoms with van der Waals surface area (Å²) in [7, 11) is 0. The van der Waals surface area contributed by atoms with Gasteiger partial charge in [-0.15, -0.1) is 0 Å². The Bertz CT molecular complexity index is 299. The van der Waals surface area contributed by atoms with Gasteiger partial charge in [-0.25, -0.2) is 0 Å². The maximum atomic E-state index is 11.9. The van der Waals surface area contributed by atoms with Gasteiger partial charge < -0.3 is 14.7 Å². The highest BCUT2D eigenvalue weighted by molar-refractivity contribution is 5.79. The topological polar surface area (TPSA) is 66.8 Å². The SMILES string of the molecule is O=C(O)CCC1COCC(=O)N1C1CCCC1. The Balaban J connectivity index is 1.99. The number of amides is 1. The average Bonchev–Trinajstić information content (AvgIpc) is 2.79. The number of carbonyl (C=O) groups is 2. The van der Waals surface area contributed by atoms with Gasteiger partial charge in [-0.05, 0) is 19.3 Å². The number of aliphatic carboxylic acids is 1. The molecule has 1 N–H and O–H groups in total. The largest absolute Gasteiger partial charge is 0.481 e. The predicted molar refractivity (Wildman–Crippen MR) is 60.6 cm³/mol. The van der Waals surface area contributed by atoms with Crippen LogP contribution in [0.15, 0.2) is 0 Å². The van der Waals surface area contributed by atoms with Crippen molar-refractivity contribution in [3.05, 3.63) is 0 Å². The van der Waals surface area contributed by atoms with Crippen LogP contribution in [0.3, 0.4) is 0 Å². The van der Waals surface area contributed by atoms with E-state index in [4.69, 9.17) is 9.84 Å². The molecule has 2 rings (SSSR count). The van der Waals surface area contributed by atoms with E-state index in [-0.39, 0.29) is 25.0 Å². The van der Waals surface area contributed by atoms with Crippen molar-refractivity contribution in [2.45, 2.75) is 50.6 Å². The summed E-state index contributed by atoms with van der Waals surface area (Å²) < 4.78 is 5.23. The zero-order valence-corrected chi connectivity index (χ0v) is 9.93. The molecule has 1 amide bonds. The fourth-order valence-electron chi connectivity index (χ4n) is 2.84. The minimum Gasteiger partial charge on any atom is -0.481 e. The molecular weight excluding hydrogens is 222 g/mol. The number of carboxylic acids is 1. The van der Waals surface area contributed by atoms with Crippen molar-refractivity contribution in [1.29, 1.82) is 0 Å². The molecular formula is C12H19NO4. The van der Waals surface area contributed by atoms with Crippen molar-refractivity contribution in [2.24, 2.45) is 0 Å². The minimum absolute atomic E-state index is 0.0264. The van der Waals surface area contributed by atoms with Crippen LogP contribution in [0.1, 0.15) is 38.5 Å². The van der Waals surface area contributed by atoms with Crippen LogP contribution in [0, 0.1) is 0 Å². The number of hydrogen-bond acceptors (Lipinski definition) is 3. The second-order valence-corrected chi connectivity index (χ2v) is 4.84. The summed E-state index contributed by atoms with van der Waals surface area (Å²) in [6.45, 7) is 0.635. The van der Waals surface area contributed by atoms with Crippen molar-refractivity contribution in [2.75, 3.05) is 13.2 Å². The molecule has 1 heterocycles. The zero-order valence-electron chi connectivity index (χ0n) is 9.93. The highest BCUT2D eigenvalue weighted by Crippen LogP contribution is 2.28. The molecule has 1 atom stereocenters. The van der Waals surface area contributed by atoms with E-state index in [2.05, 4.69) is 0 Å². The number of ether oxygens (including phenoxy) is 1. The molecule has 5 heteroatoms. The Morgan fingerprint density at radius 1 is 1.41 bits per heavy atom. The summed E-state index contributed by atoms with van der Waals surface area (Å²) in [5.74, 6) is -0.784. The second kappa shape index (κ2) is 5.49. The van der Waals surface area contributed by atoms with Crippen LogP contribution in [-0.4, -0.2) is 47.2 Å². The van der Waals surface area contributed by atoms with Gasteiger partial charge >= 0.3 is 5.97 Å². The van der Waals surface area contributed by atoms with Gasteiger partial charge in [-0.3, -0.25) is 9.59 Å². The fraction of sp³-hybridized carbons (Fsp3) is 0.833. The fourth-order valence-corrected chi connectivity index (χ4v) is 2.84. The van der Waals surface area contributed by atoms with Gasteiger partial charge in [0, 0.05) is 12.5 Å². The zero-order chi connectivity index (χ0) is 12.3. The Morgan fingerprint density at radius 3 is 2.76 bits per heavy atom. The standard InChI is InChI=1S/C12H19NO4/c14-11-8-17-7-10(5-6-12(15)16)13(11)9-3-1-2-4-9/h9-10H,1-8H2,(H,15,16). The first-order valence-corrected chi connectivity index (χ1v) is 6.29. The molecule has 1 saturated heterocycles. The molecule has 1 aliphatic heterocycles. The van der Waals surface area contributed by atoms with Gasteiger partial charge in [0.05, 0.1) is 12.6 Å². The molecule has 1 saturated carbocycles. The molecule has 1 aliphatic carbocycles. The third-order valence-corrected chi connectivity index (χ3v) is 3.63. The van der Waals surface area contributed by atoms with Crippen molar-refractivity contribution in [3.63, 3.8) is 0 Å². The van der Waals surface area contributed by atoms with Gasteiger partial charge in [0.15, 0.2) is 0 Å². The molecule has 2 fully saturated rings. The summed E-state index contributed by atoms with van der Waals surface area (Å²) in [6.07, 6.45) is 5.04. The lowest BCUT2D eigenvalue weighted by molar-refractivity contribution is -0.153. The second-order valence-electron chi connectivity index (χ2n) is 4.84. The van der Waals surface area contributed by atoms with E-state index in [1.54, 1.807) is 0 Å². The number of carboxylic acid groups (broad SMARTS) is 1. The van der Waals surface area contributed by atoms with Crippen molar-refractivity contribution < 1.29 is 19.4 Å². The van der Waals surface area contributed by atoms with Crippen LogP contribution in [0.5, 0.6) is 0 Å². The van der Waals surface area contributed by atoms with Crippen LogP contribution in [-0.2, 0) is 14.3 Å². The first-order chi connectivity index (χ1) is 8.18. The average molecular weight is 241 g/mol. The van der Waals surface area contributed by atoms with E-state index in [1.165, 1.54) is 12.8 Å². The third-order valence-electron chi connectivity index (χ3n) is 3.63. The minimum atomic E-state index is -0.811. The molecule has 1 unspecified atom stereocenters. The normalized spacial score (nSPS) is 26.5. The number of rotatable bonds is 4. The molecule has 17 heavy (non-hydrogen) atoms. The first kappa shape index (κ1) is 12.4. The molecule has 0 bridgehead atoms. The van der Waals surface area contributed by atoms with Crippen molar-refractivity contribution in [1.82, 2.24) is 4.90 Å². The van der Waals surface area contributed by atoms with Gasteiger partial charge in [-0.2, -0.15) is 0 Å². The van der Waals surface area contributed by atoms with E-state index in [0.29, 0.717) is 19.1 Å². The van der Waals surface area contributed by atoms with E-state index in [0.717, 1.165) is 12.8 Å². The lowest BCUT2D eigenvalue weighted by atomic mass is 10.0. The maximum Gasteiger partial charge on any atom is 0.303 e. The van der Waals surface area contributed by atoms with E-state index < -0.39 is 5.97 Å². The number of morpholine rings is 1. The van der Waals surface area contributed by atoms with E-state index in [9.17, 15) is 9.59 Å². The lowest BCUT2D eigenvalue weighted by Crippen LogP contribution is -2.53. The van der Waals surface area contributed by atoms with Gasteiger partial charge in [-0.1, -0.05) is 12.8 Å². The van der Waals surface area contributed by atoms with Gasteiger partial charge in [0.2, 0.25) is 5.91 Å². The van der Waals surface area contributed by atoms with Crippen molar-refractivity contribution in [3.8, 4) is 0 Å². The number of nitrogens with zero attached hydrogens (tertiary/aromatic N) is 1. The molecule has 0 aromatic heterocycles. The van der Waals surface area contributed by atoms with Crippen LogP contribution in [0.4, 0.5) is 0 Å². The van der Waals surface area contributed by atoms with Gasteiger partial charge in [0.25, 0.3) is 0 Å². The van der Waals surface area contributed by atoms with Crippen LogP contribution in [0.25, 0.3) is 0 Å². The molecule has 0 radical (unpaired) electrons. The first-order valence-electron chi connectivity index (χ1n) is 6.29. The summed E-state index contributed by atoms with van der Waals surface area (Å²) in [6, 6.07) is 0.264. The smallest absolute Gasteiger partial charge is 0.303 e.